The molecule has 124 valence electrons. The molecule has 3 rings (SSSR count). The third kappa shape index (κ3) is 2.97. The molecule has 0 heterocycles. The normalized spacial score (nSPS) is 17.7. The highest BCUT2D eigenvalue weighted by atomic mass is 19.1. The first kappa shape index (κ1) is 16.4. The topological polar surface area (TPSA) is 18.5 Å². The van der Waals surface area contributed by atoms with Crippen LogP contribution in [0.2, 0.25) is 0 Å². The van der Waals surface area contributed by atoms with Crippen LogP contribution in [0.15, 0.2) is 60.4 Å². The van der Waals surface area contributed by atoms with Crippen LogP contribution in [-0.4, -0.2) is 20.3 Å². The van der Waals surface area contributed by atoms with E-state index in [0.29, 0.717) is 34.5 Å². The number of allylic oxidation sites excluding steroid dienone is 2. The van der Waals surface area contributed by atoms with Crippen LogP contribution in [0.5, 0.6) is 0 Å². The molecule has 2 nitrogen and oxygen atoms in total. The lowest BCUT2D eigenvalue weighted by atomic mass is 9.87. The molecular formula is C20H18F2O2. The van der Waals surface area contributed by atoms with E-state index in [1.165, 1.54) is 12.1 Å². The second-order valence-electron chi connectivity index (χ2n) is 5.53. The lowest BCUT2D eigenvalue weighted by molar-refractivity contribution is 0.129. The summed E-state index contributed by atoms with van der Waals surface area (Å²) in [6.07, 6.45) is 1.82. The minimum absolute atomic E-state index is 0.334. The highest BCUT2D eigenvalue weighted by molar-refractivity contribution is 5.88. The summed E-state index contributed by atoms with van der Waals surface area (Å²) >= 11 is 0. The molecule has 0 saturated carbocycles. The summed E-state index contributed by atoms with van der Waals surface area (Å²) in [5.41, 5.74) is 2.17. The van der Waals surface area contributed by atoms with Crippen LogP contribution in [0.3, 0.4) is 0 Å². The summed E-state index contributed by atoms with van der Waals surface area (Å²) in [6, 6.07) is 13.0. The van der Waals surface area contributed by atoms with Crippen molar-refractivity contribution < 1.29 is 18.3 Å². The molecule has 4 heteroatoms. The fourth-order valence-corrected chi connectivity index (χ4v) is 2.97. The fraction of sp³-hybridized carbons (Fsp3) is 0.200. The van der Waals surface area contributed by atoms with Crippen LogP contribution in [0.4, 0.5) is 8.78 Å². The lowest BCUT2D eigenvalue weighted by Crippen LogP contribution is -2.20. The Balaban J connectivity index is 2.18. The van der Waals surface area contributed by atoms with Crippen LogP contribution < -0.4 is 0 Å². The van der Waals surface area contributed by atoms with Crippen molar-refractivity contribution in [1.29, 1.82) is 0 Å². The molecule has 0 aromatic heterocycles. The molecule has 2 aromatic rings. The van der Waals surface area contributed by atoms with Gasteiger partial charge in [0.25, 0.3) is 0 Å². The van der Waals surface area contributed by atoms with E-state index in [-0.39, 0.29) is 17.7 Å². The highest BCUT2D eigenvalue weighted by Crippen LogP contribution is 2.38. The first-order valence-corrected chi connectivity index (χ1v) is 7.67. The molecule has 0 bridgehead atoms. The summed E-state index contributed by atoms with van der Waals surface area (Å²) in [4.78, 5) is 0. The third-order valence-corrected chi connectivity index (χ3v) is 4.20. The van der Waals surface area contributed by atoms with E-state index in [0.717, 1.165) is 0 Å². The summed E-state index contributed by atoms with van der Waals surface area (Å²) in [7, 11) is 3.12. The van der Waals surface area contributed by atoms with Crippen LogP contribution in [0.25, 0.3) is 11.1 Å². The van der Waals surface area contributed by atoms with Gasteiger partial charge in [-0.25, -0.2) is 8.78 Å². The summed E-state index contributed by atoms with van der Waals surface area (Å²) in [5, 5.41) is 0. The van der Waals surface area contributed by atoms with Gasteiger partial charge in [0.1, 0.15) is 17.4 Å². The zero-order valence-electron chi connectivity index (χ0n) is 13.6. The zero-order chi connectivity index (χ0) is 17.1. The van der Waals surface area contributed by atoms with Gasteiger partial charge in [-0.3, -0.25) is 0 Å². The largest absolute Gasteiger partial charge is 0.500 e. The summed E-state index contributed by atoms with van der Waals surface area (Å²) in [5.74, 6) is -0.0614. The van der Waals surface area contributed by atoms with Gasteiger partial charge in [0.2, 0.25) is 0 Å². The van der Waals surface area contributed by atoms with Gasteiger partial charge in [-0.1, -0.05) is 36.4 Å². The van der Waals surface area contributed by atoms with Crippen LogP contribution in [-0.2, 0) is 9.47 Å². The monoisotopic (exact) mass is 328 g/mol. The Morgan fingerprint density at radius 1 is 0.875 bits per heavy atom. The average Bonchev–Trinajstić information content (AvgIpc) is 2.61. The standard InChI is InChI=1S/C20H18F2O2/c1-23-19-12-20(24-2)16(14-8-4-6-10-18(14)22)11-15(19)13-7-3-5-9-17(13)21/h3-11,19H,12H2,1-2H3. The maximum atomic E-state index is 14.3. The van der Waals surface area contributed by atoms with Crippen molar-refractivity contribution in [3.8, 4) is 0 Å². The van der Waals surface area contributed by atoms with Gasteiger partial charge >= 0.3 is 0 Å². The molecule has 0 radical (unpaired) electrons. The van der Waals surface area contributed by atoms with Gasteiger partial charge in [-0.2, -0.15) is 0 Å². The quantitative estimate of drug-likeness (QED) is 0.801. The van der Waals surface area contributed by atoms with Crippen molar-refractivity contribution in [2.75, 3.05) is 14.2 Å². The molecule has 1 unspecified atom stereocenters. The van der Waals surface area contributed by atoms with E-state index < -0.39 is 0 Å². The third-order valence-electron chi connectivity index (χ3n) is 4.20. The van der Waals surface area contributed by atoms with Gasteiger partial charge in [0.05, 0.1) is 13.2 Å². The Morgan fingerprint density at radius 3 is 2.00 bits per heavy atom. The molecule has 0 aliphatic heterocycles. The van der Waals surface area contributed by atoms with Crippen molar-refractivity contribution in [3.05, 3.63) is 83.1 Å². The van der Waals surface area contributed by atoms with E-state index in [9.17, 15) is 8.78 Å². The van der Waals surface area contributed by atoms with E-state index in [1.807, 2.05) is 0 Å². The molecule has 0 fully saturated rings. The minimum atomic E-state index is -0.354. The smallest absolute Gasteiger partial charge is 0.131 e. The number of halogens is 2. The van der Waals surface area contributed by atoms with Gasteiger partial charge < -0.3 is 9.47 Å². The van der Waals surface area contributed by atoms with E-state index in [4.69, 9.17) is 9.47 Å². The second-order valence-corrected chi connectivity index (χ2v) is 5.53. The molecule has 2 aromatic carbocycles. The molecule has 1 atom stereocenters. The maximum absolute atomic E-state index is 14.3. The first-order valence-electron chi connectivity index (χ1n) is 7.67. The first-order chi connectivity index (χ1) is 11.7. The molecule has 0 saturated heterocycles. The van der Waals surface area contributed by atoms with Crippen LogP contribution in [0.1, 0.15) is 17.5 Å². The van der Waals surface area contributed by atoms with E-state index >= 15 is 0 Å². The number of benzene rings is 2. The van der Waals surface area contributed by atoms with Crippen molar-refractivity contribution in [3.63, 3.8) is 0 Å². The Morgan fingerprint density at radius 2 is 1.46 bits per heavy atom. The number of methoxy groups -OCH3 is 2. The van der Waals surface area contributed by atoms with Gasteiger partial charge in [-0.15, -0.1) is 0 Å². The fourth-order valence-electron chi connectivity index (χ4n) is 2.97. The van der Waals surface area contributed by atoms with Crippen molar-refractivity contribution in [2.45, 2.75) is 12.5 Å². The number of rotatable bonds is 4. The maximum Gasteiger partial charge on any atom is 0.131 e. The predicted octanol–water partition coefficient (Wildman–Crippen LogP) is 4.82. The van der Waals surface area contributed by atoms with Gasteiger partial charge in [0, 0.05) is 30.2 Å². The van der Waals surface area contributed by atoms with Crippen molar-refractivity contribution >= 4 is 11.1 Å². The molecule has 1 aliphatic rings. The predicted molar refractivity (Wildman–Crippen MR) is 90.1 cm³/mol. The Bertz CT molecular complexity index is 809. The molecule has 24 heavy (non-hydrogen) atoms. The molecule has 0 N–H and O–H groups in total. The van der Waals surface area contributed by atoms with Crippen LogP contribution in [0, 0.1) is 11.6 Å². The van der Waals surface area contributed by atoms with Crippen molar-refractivity contribution in [2.24, 2.45) is 0 Å². The zero-order valence-corrected chi connectivity index (χ0v) is 13.6. The lowest BCUT2D eigenvalue weighted by Gasteiger charge is -2.27. The number of hydrogen-bond acceptors (Lipinski definition) is 2. The summed E-state index contributed by atoms with van der Waals surface area (Å²) < 4.78 is 39.5. The Hall–Kier alpha value is -2.46. The Kier molecular flexibility index (Phi) is 4.76. The average molecular weight is 328 g/mol. The second kappa shape index (κ2) is 6.97. The van der Waals surface area contributed by atoms with E-state index in [2.05, 4.69) is 0 Å². The van der Waals surface area contributed by atoms with Crippen LogP contribution >= 0.6 is 0 Å². The van der Waals surface area contributed by atoms with Gasteiger partial charge in [-0.05, 0) is 23.8 Å². The van der Waals surface area contributed by atoms with E-state index in [1.54, 1.807) is 56.7 Å². The molecular weight excluding hydrogens is 310 g/mol. The SMILES string of the molecule is COC1=C(c2ccccc2F)C=C(c2ccccc2F)C(OC)C1. The molecule has 1 aliphatic carbocycles. The highest BCUT2D eigenvalue weighted by Gasteiger charge is 2.28. The molecule has 0 amide bonds. The van der Waals surface area contributed by atoms with Crippen molar-refractivity contribution in [1.82, 2.24) is 0 Å². The Labute approximate surface area is 140 Å². The number of hydrogen-bond donors (Lipinski definition) is 0. The minimum Gasteiger partial charge on any atom is -0.500 e. The molecule has 0 spiro atoms. The van der Waals surface area contributed by atoms with Gasteiger partial charge in [0.15, 0.2) is 0 Å². The number of ether oxygens (including phenoxy) is 2. The summed E-state index contributed by atoms with van der Waals surface area (Å²) in [6.45, 7) is 0.